The van der Waals surface area contributed by atoms with E-state index in [9.17, 15) is 14.4 Å². The summed E-state index contributed by atoms with van der Waals surface area (Å²) in [6.45, 7) is 5.87. The number of hydrogen-bond acceptors (Lipinski definition) is 4. The van der Waals surface area contributed by atoms with E-state index in [1.165, 1.54) is 11.9 Å². The Morgan fingerprint density at radius 2 is 1.84 bits per heavy atom. The summed E-state index contributed by atoms with van der Waals surface area (Å²) in [5, 5.41) is 1.90. The zero-order chi connectivity index (χ0) is 18.4. The number of quaternary nitrogens is 1. The highest BCUT2D eigenvalue weighted by molar-refractivity contribution is 6.08. The van der Waals surface area contributed by atoms with E-state index in [0.717, 1.165) is 11.1 Å². The first-order valence-corrected chi connectivity index (χ1v) is 8.78. The third-order valence-electron chi connectivity index (χ3n) is 5.69. The molecule has 3 rings (SSSR count). The number of nitrogens with two attached hydrogens (primary N) is 1. The average molecular weight is 345 g/mol. The number of rotatable bonds is 4. The molecule has 2 aliphatic rings. The highest BCUT2D eigenvalue weighted by Crippen LogP contribution is 2.45. The first-order chi connectivity index (χ1) is 11.9. The topological polar surface area (TPSA) is 80.3 Å². The van der Waals surface area contributed by atoms with Crippen molar-refractivity contribution < 1.29 is 24.4 Å². The molecule has 0 bridgehead atoms. The van der Waals surface area contributed by atoms with Crippen LogP contribution in [0.1, 0.15) is 37.4 Å². The van der Waals surface area contributed by atoms with E-state index < -0.39 is 23.3 Å². The predicted molar refractivity (Wildman–Crippen MR) is 90.3 cm³/mol. The molecular formula is C19H25N2O4+. The standard InChI is InChI=1S/C19H24N2O4/c1-5-19(18(24)25-6-2)14-13(16(22)21(4)17(14)23)15(20-19)12-9-7-11(3)8-10-12/h7-10,13-15,20H,5-6H2,1-4H3/p+1/t13-,14+,15-,19-/m0/s1. The molecule has 2 fully saturated rings. The SMILES string of the molecule is CCOC(=O)[C@@]1(CC)[NH2+][C@@H](c2ccc(C)cc2)[C@H]2C(=O)N(C)C(=O)[C@@H]21. The molecule has 2 saturated heterocycles. The van der Waals surface area contributed by atoms with Crippen LogP contribution in [0, 0.1) is 18.8 Å². The smallest absolute Gasteiger partial charge is 0.368 e. The van der Waals surface area contributed by atoms with Crippen LogP contribution in [0.4, 0.5) is 0 Å². The largest absolute Gasteiger partial charge is 0.461 e. The average Bonchev–Trinajstić information content (AvgIpc) is 3.06. The maximum atomic E-state index is 12.8. The Morgan fingerprint density at radius 1 is 1.20 bits per heavy atom. The summed E-state index contributed by atoms with van der Waals surface area (Å²) in [5.41, 5.74) is 1.03. The second kappa shape index (κ2) is 6.26. The van der Waals surface area contributed by atoms with Crippen LogP contribution in [-0.2, 0) is 19.1 Å². The number of fused-ring (bicyclic) bond motifs is 1. The number of amides is 2. The van der Waals surface area contributed by atoms with Crippen molar-refractivity contribution >= 4 is 17.8 Å². The van der Waals surface area contributed by atoms with Gasteiger partial charge in [0.15, 0.2) is 0 Å². The minimum Gasteiger partial charge on any atom is -0.461 e. The van der Waals surface area contributed by atoms with Crippen LogP contribution in [0.25, 0.3) is 0 Å². The van der Waals surface area contributed by atoms with Crippen molar-refractivity contribution in [2.45, 2.75) is 38.8 Å². The number of esters is 1. The van der Waals surface area contributed by atoms with E-state index in [4.69, 9.17) is 4.74 Å². The lowest BCUT2D eigenvalue weighted by Crippen LogP contribution is -2.98. The predicted octanol–water partition coefficient (Wildman–Crippen LogP) is 0.556. The van der Waals surface area contributed by atoms with Gasteiger partial charge in [-0.15, -0.1) is 0 Å². The number of likely N-dealkylation sites (tertiary alicyclic amines) is 1. The molecule has 0 aromatic heterocycles. The summed E-state index contributed by atoms with van der Waals surface area (Å²) in [4.78, 5) is 39.5. The van der Waals surface area contributed by atoms with Gasteiger partial charge in [-0.25, -0.2) is 4.79 Å². The van der Waals surface area contributed by atoms with E-state index in [2.05, 4.69) is 0 Å². The van der Waals surface area contributed by atoms with Gasteiger partial charge in [0.2, 0.25) is 17.4 Å². The molecule has 1 aromatic carbocycles. The van der Waals surface area contributed by atoms with Crippen molar-refractivity contribution in [3.8, 4) is 0 Å². The number of nitrogens with zero attached hydrogens (tertiary/aromatic N) is 1. The zero-order valence-electron chi connectivity index (χ0n) is 15.1. The van der Waals surface area contributed by atoms with Crippen molar-refractivity contribution in [1.29, 1.82) is 0 Å². The second-order valence-electron chi connectivity index (χ2n) is 6.96. The molecule has 2 N–H and O–H groups in total. The quantitative estimate of drug-likeness (QED) is 0.639. The van der Waals surface area contributed by atoms with Crippen LogP contribution in [0.2, 0.25) is 0 Å². The second-order valence-corrected chi connectivity index (χ2v) is 6.96. The fourth-order valence-electron chi connectivity index (χ4n) is 4.30. The normalized spacial score (nSPS) is 31.4. The Hall–Kier alpha value is -2.21. The molecule has 2 amide bonds. The van der Waals surface area contributed by atoms with Gasteiger partial charge in [0.1, 0.15) is 17.9 Å². The molecule has 2 heterocycles. The Kier molecular flexibility index (Phi) is 4.41. The lowest BCUT2D eigenvalue weighted by molar-refractivity contribution is -0.734. The van der Waals surface area contributed by atoms with Crippen LogP contribution in [0.5, 0.6) is 0 Å². The van der Waals surface area contributed by atoms with Crippen LogP contribution in [0.3, 0.4) is 0 Å². The van der Waals surface area contributed by atoms with Crippen molar-refractivity contribution in [2.24, 2.45) is 11.8 Å². The molecule has 25 heavy (non-hydrogen) atoms. The molecule has 2 aliphatic heterocycles. The Balaban J connectivity index is 2.10. The Morgan fingerprint density at radius 3 is 2.40 bits per heavy atom. The molecule has 0 aliphatic carbocycles. The van der Waals surface area contributed by atoms with Gasteiger partial charge in [0, 0.05) is 19.0 Å². The third kappa shape index (κ3) is 2.47. The first-order valence-electron chi connectivity index (χ1n) is 8.78. The molecule has 6 heteroatoms. The number of imide groups is 1. The lowest BCUT2D eigenvalue weighted by Gasteiger charge is -2.28. The third-order valence-corrected chi connectivity index (χ3v) is 5.69. The Labute approximate surface area is 147 Å². The minimum atomic E-state index is -1.05. The van der Waals surface area contributed by atoms with Crippen molar-refractivity contribution in [3.63, 3.8) is 0 Å². The molecule has 0 spiro atoms. The fourth-order valence-corrected chi connectivity index (χ4v) is 4.30. The van der Waals surface area contributed by atoms with Crippen LogP contribution >= 0.6 is 0 Å². The van der Waals surface area contributed by atoms with E-state index in [1.807, 2.05) is 43.4 Å². The molecular weight excluding hydrogens is 320 g/mol. The van der Waals surface area contributed by atoms with Gasteiger partial charge in [-0.05, 0) is 13.8 Å². The summed E-state index contributed by atoms with van der Waals surface area (Å²) >= 11 is 0. The fraction of sp³-hybridized carbons (Fsp3) is 0.526. The number of carbonyl (C=O) groups is 3. The van der Waals surface area contributed by atoms with E-state index in [-0.39, 0.29) is 24.5 Å². The maximum Gasteiger partial charge on any atom is 0.368 e. The van der Waals surface area contributed by atoms with Gasteiger partial charge in [-0.1, -0.05) is 36.8 Å². The molecule has 6 nitrogen and oxygen atoms in total. The van der Waals surface area contributed by atoms with Crippen LogP contribution in [0.15, 0.2) is 24.3 Å². The number of benzene rings is 1. The summed E-state index contributed by atoms with van der Waals surface area (Å²) < 4.78 is 5.30. The summed E-state index contributed by atoms with van der Waals surface area (Å²) in [7, 11) is 1.50. The Bertz CT molecular complexity index is 715. The van der Waals surface area contributed by atoms with Gasteiger partial charge >= 0.3 is 5.97 Å². The van der Waals surface area contributed by atoms with E-state index in [0.29, 0.717) is 6.42 Å². The van der Waals surface area contributed by atoms with Gasteiger partial charge in [0.25, 0.3) is 0 Å². The summed E-state index contributed by atoms with van der Waals surface area (Å²) in [6, 6.07) is 7.65. The zero-order valence-corrected chi connectivity index (χ0v) is 15.1. The van der Waals surface area contributed by atoms with Crippen molar-refractivity contribution in [2.75, 3.05) is 13.7 Å². The maximum absolute atomic E-state index is 12.8. The summed E-state index contributed by atoms with van der Waals surface area (Å²) in [5.74, 6) is -2.12. The van der Waals surface area contributed by atoms with Gasteiger partial charge in [0.05, 0.1) is 6.61 Å². The number of hydrogen-bond donors (Lipinski definition) is 1. The first kappa shape index (κ1) is 17.6. The highest BCUT2D eigenvalue weighted by atomic mass is 16.5. The number of ether oxygens (including phenoxy) is 1. The number of aryl methyl sites for hydroxylation is 1. The van der Waals surface area contributed by atoms with E-state index >= 15 is 0 Å². The van der Waals surface area contributed by atoms with Crippen molar-refractivity contribution in [3.05, 3.63) is 35.4 Å². The van der Waals surface area contributed by atoms with Gasteiger partial charge in [-0.3, -0.25) is 14.5 Å². The molecule has 4 atom stereocenters. The lowest BCUT2D eigenvalue weighted by atomic mass is 9.78. The minimum absolute atomic E-state index is 0.212. The molecule has 0 radical (unpaired) electrons. The van der Waals surface area contributed by atoms with Crippen LogP contribution in [-0.4, -0.2) is 41.9 Å². The van der Waals surface area contributed by atoms with Crippen molar-refractivity contribution in [1.82, 2.24) is 4.90 Å². The molecule has 0 unspecified atom stereocenters. The molecule has 134 valence electrons. The van der Waals surface area contributed by atoms with Crippen LogP contribution < -0.4 is 5.32 Å². The van der Waals surface area contributed by atoms with E-state index in [1.54, 1.807) is 6.92 Å². The van der Waals surface area contributed by atoms with Gasteiger partial charge in [-0.2, -0.15) is 0 Å². The molecule has 0 saturated carbocycles. The van der Waals surface area contributed by atoms with Gasteiger partial charge < -0.3 is 10.1 Å². The highest BCUT2D eigenvalue weighted by Gasteiger charge is 2.71. The number of carbonyl (C=O) groups excluding carboxylic acids is 3. The molecule has 1 aromatic rings. The summed E-state index contributed by atoms with van der Waals surface area (Å²) in [6.07, 6.45) is 0.433. The monoisotopic (exact) mass is 345 g/mol.